The molecule has 0 bridgehead atoms. The molecule has 1 aliphatic rings. The lowest BCUT2D eigenvalue weighted by atomic mass is 10.0. The Morgan fingerprint density at radius 1 is 1.25 bits per heavy atom. The molecular weight excluding hydrogens is 287 g/mol. The number of phosphoric acid groups is 1. The Bertz CT molecular complexity index is 365. The van der Waals surface area contributed by atoms with E-state index in [1.807, 2.05) is 0 Å². The fraction of sp³-hybridized carbons (Fsp3) is 0.917. The summed E-state index contributed by atoms with van der Waals surface area (Å²) in [4.78, 5) is 21.5. The molecule has 7 nitrogen and oxygen atoms in total. The van der Waals surface area contributed by atoms with Gasteiger partial charge in [0.15, 0.2) is 5.78 Å². The number of hydrogen-bond donors (Lipinski definition) is 1. The van der Waals surface area contributed by atoms with Gasteiger partial charge in [-0.2, -0.15) is 0 Å². The van der Waals surface area contributed by atoms with Crippen molar-refractivity contribution in [2.24, 2.45) is 5.92 Å². The second-order valence-corrected chi connectivity index (χ2v) is 6.39. The van der Waals surface area contributed by atoms with Gasteiger partial charge in [0.2, 0.25) is 0 Å². The van der Waals surface area contributed by atoms with E-state index in [1.165, 1.54) is 0 Å². The molecule has 1 N–H and O–H groups in total. The molecule has 1 aliphatic carbocycles. The lowest BCUT2D eigenvalue weighted by Gasteiger charge is -2.20. The van der Waals surface area contributed by atoms with Crippen LogP contribution in [0.15, 0.2) is 0 Å². The Hall–Kier alpha value is -0.300. The molecule has 1 atom stereocenters. The number of ether oxygens (including phenoxy) is 2. The number of methoxy groups -OCH3 is 1. The van der Waals surface area contributed by atoms with E-state index in [9.17, 15) is 14.3 Å². The predicted molar refractivity (Wildman–Crippen MR) is 71.4 cm³/mol. The van der Waals surface area contributed by atoms with Crippen LogP contribution >= 0.6 is 7.82 Å². The van der Waals surface area contributed by atoms with Gasteiger partial charge in [0.25, 0.3) is 0 Å². The molecule has 0 aromatic rings. The summed E-state index contributed by atoms with van der Waals surface area (Å²) in [5.74, 6) is -0.401. The topological polar surface area (TPSA) is 91.3 Å². The van der Waals surface area contributed by atoms with Gasteiger partial charge >= 0.3 is 7.82 Å². The molecule has 118 valence electrons. The van der Waals surface area contributed by atoms with Crippen LogP contribution in [0.2, 0.25) is 0 Å². The van der Waals surface area contributed by atoms with Crippen molar-refractivity contribution in [3.05, 3.63) is 0 Å². The van der Waals surface area contributed by atoms with Crippen molar-refractivity contribution >= 4 is 13.6 Å². The summed E-state index contributed by atoms with van der Waals surface area (Å²) >= 11 is 0. The maximum Gasteiger partial charge on any atom is 0.473 e. The molecule has 1 fully saturated rings. The third-order valence-corrected chi connectivity index (χ3v) is 3.97. The second-order valence-electron chi connectivity index (χ2n) is 5.01. The van der Waals surface area contributed by atoms with E-state index < -0.39 is 13.4 Å². The van der Waals surface area contributed by atoms with Crippen molar-refractivity contribution in [2.45, 2.75) is 32.3 Å². The van der Waals surface area contributed by atoms with Crippen LogP contribution in [-0.4, -0.2) is 49.8 Å². The van der Waals surface area contributed by atoms with Crippen molar-refractivity contribution in [3.63, 3.8) is 0 Å². The number of phosphoric ester groups is 1. The lowest BCUT2D eigenvalue weighted by Crippen LogP contribution is -2.29. The first-order chi connectivity index (χ1) is 9.33. The summed E-state index contributed by atoms with van der Waals surface area (Å²) in [5, 5.41) is 0. The van der Waals surface area contributed by atoms with Gasteiger partial charge in [-0.25, -0.2) is 4.57 Å². The molecule has 0 aromatic carbocycles. The first-order valence-electron chi connectivity index (χ1n) is 6.62. The molecule has 8 heteroatoms. The number of Topliss-reactive ketones (excluding diaryl/α,β-unsaturated/α-hetero) is 1. The summed E-state index contributed by atoms with van der Waals surface area (Å²) in [6.07, 6.45) is 0.921. The number of ketones is 1. The zero-order valence-electron chi connectivity index (χ0n) is 12.2. The van der Waals surface area contributed by atoms with Crippen LogP contribution in [0.1, 0.15) is 26.7 Å². The summed E-state index contributed by atoms with van der Waals surface area (Å²) in [6, 6.07) is 0. The van der Waals surface area contributed by atoms with Gasteiger partial charge in [-0.1, -0.05) is 13.8 Å². The van der Waals surface area contributed by atoms with Crippen molar-refractivity contribution in [1.82, 2.24) is 0 Å². The molecule has 0 heterocycles. The first-order valence-corrected chi connectivity index (χ1v) is 8.11. The van der Waals surface area contributed by atoms with Crippen LogP contribution < -0.4 is 0 Å². The Morgan fingerprint density at radius 3 is 2.35 bits per heavy atom. The van der Waals surface area contributed by atoms with Crippen LogP contribution in [0.5, 0.6) is 0 Å². The van der Waals surface area contributed by atoms with Crippen LogP contribution in [0.25, 0.3) is 0 Å². The van der Waals surface area contributed by atoms with Gasteiger partial charge in [-0.3, -0.25) is 13.8 Å². The summed E-state index contributed by atoms with van der Waals surface area (Å²) in [6.45, 7) is 4.37. The van der Waals surface area contributed by atoms with E-state index in [2.05, 4.69) is 0 Å². The Kier molecular flexibility index (Phi) is 6.78. The quantitative estimate of drug-likeness (QED) is 0.457. The highest BCUT2D eigenvalue weighted by molar-refractivity contribution is 7.47. The minimum Gasteiger partial charge on any atom is -0.382 e. The smallest absolute Gasteiger partial charge is 0.382 e. The van der Waals surface area contributed by atoms with E-state index >= 15 is 0 Å². The normalized spacial score (nSPS) is 19.9. The minimum atomic E-state index is -4.23. The molecule has 0 radical (unpaired) electrons. The maximum absolute atomic E-state index is 11.9. The highest BCUT2D eigenvalue weighted by Gasteiger charge is 2.55. The lowest BCUT2D eigenvalue weighted by molar-refractivity contribution is -0.131. The summed E-state index contributed by atoms with van der Waals surface area (Å²) in [5.41, 5.74) is -1.13. The second kappa shape index (κ2) is 7.64. The highest BCUT2D eigenvalue weighted by Crippen LogP contribution is 2.56. The summed E-state index contributed by atoms with van der Waals surface area (Å²) < 4.78 is 31.5. The third kappa shape index (κ3) is 5.60. The number of hydrogen-bond acceptors (Lipinski definition) is 6. The molecule has 1 unspecified atom stereocenters. The van der Waals surface area contributed by atoms with Gasteiger partial charge in [0.05, 0.1) is 26.4 Å². The predicted octanol–water partition coefficient (Wildman–Crippen LogP) is 1.54. The Morgan fingerprint density at radius 2 is 1.85 bits per heavy atom. The standard InChI is InChI=1S/C12H23O7P/c1-10(2)11(13)12(4-5-12)19-20(14,15)18-9-8-17-7-6-16-3/h10H,4-9H2,1-3H3,(H,14,15). The number of carbonyl (C=O) groups is 1. The van der Waals surface area contributed by atoms with Gasteiger partial charge in [-0.05, 0) is 12.8 Å². The largest absolute Gasteiger partial charge is 0.473 e. The van der Waals surface area contributed by atoms with E-state index in [0.717, 1.165) is 0 Å². The molecule has 1 saturated carbocycles. The van der Waals surface area contributed by atoms with Crippen molar-refractivity contribution < 1.29 is 32.8 Å². The molecule has 0 spiro atoms. The Labute approximate surface area is 119 Å². The average molecular weight is 310 g/mol. The number of carbonyl (C=O) groups excluding carboxylic acids is 1. The van der Waals surface area contributed by atoms with Gasteiger partial charge in [0.1, 0.15) is 5.60 Å². The fourth-order valence-corrected chi connectivity index (χ4v) is 2.80. The average Bonchev–Trinajstić information content (AvgIpc) is 3.12. The van der Waals surface area contributed by atoms with Crippen molar-refractivity contribution in [1.29, 1.82) is 0 Å². The third-order valence-electron chi connectivity index (χ3n) is 2.88. The van der Waals surface area contributed by atoms with E-state index in [1.54, 1.807) is 21.0 Å². The molecule has 0 amide bonds. The minimum absolute atomic E-state index is 0.0799. The van der Waals surface area contributed by atoms with E-state index in [0.29, 0.717) is 26.1 Å². The Balaban J connectivity index is 2.31. The monoisotopic (exact) mass is 310 g/mol. The van der Waals surface area contributed by atoms with Crippen LogP contribution in [0, 0.1) is 5.92 Å². The SMILES string of the molecule is COCCOCCOP(=O)(O)OC1(C(=O)C(C)C)CC1. The van der Waals surface area contributed by atoms with Crippen LogP contribution in [0.4, 0.5) is 0 Å². The van der Waals surface area contributed by atoms with Gasteiger partial charge in [0, 0.05) is 13.0 Å². The van der Waals surface area contributed by atoms with Crippen LogP contribution in [0.3, 0.4) is 0 Å². The van der Waals surface area contributed by atoms with Crippen molar-refractivity contribution in [3.8, 4) is 0 Å². The zero-order valence-corrected chi connectivity index (χ0v) is 13.1. The maximum atomic E-state index is 11.9. The molecule has 20 heavy (non-hydrogen) atoms. The first kappa shape index (κ1) is 17.8. The summed E-state index contributed by atoms with van der Waals surface area (Å²) in [7, 11) is -2.68. The molecule has 0 saturated heterocycles. The van der Waals surface area contributed by atoms with Gasteiger partial charge < -0.3 is 14.4 Å². The molecule has 0 aliphatic heterocycles. The highest BCUT2D eigenvalue weighted by atomic mass is 31.2. The zero-order chi connectivity index (χ0) is 15.2. The van der Waals surface area contributed by atoms with E-state index in [4.69, 9.17) is 18.5 Å². The van der Waals surface area contributed by atoms with Gasteiger partial charge in [-0.15, -0.1) is 0 Å². The fourth-order valence-electron chi connectivity index (χ4n) is 1.73. The molecular formula is C12H23O7P. The van der Waals surface area contributed by atoms with Crippen molar-refractivity contribution in [2.75, 3.05) is 33.5 Å². The number of rotatable bonds is 11. The molecule has 1 rings (SSSR count). The molecule has 0 aromatic heterocycles. The van der Waals surface area contributed by atoms with E-state index in [-0.39, 0.29) is 24.9 Å². The van der Waals surface area contributed by atoms with Crippen LogP contribution in [-0.2, 0) is 27.9 Å².